The van der Waals surface area contributed by atoms with Crippen LogP contribution in [0.1, 0.15) is 18.6 Å². The van der Waals surface area contributed by atoms with Crippen LogP contribution in [0.4, 0.5) is 5.69 Å². The van der Waals surface area contributed by atoms with Crippen LogP contribution >= 0.6 is 0 Å². The maximum atomic E-state index is 11.5. The highest BCUT2D eigenvalue weighted by molar-refractivity contribution is 5.76. The van der Waals surface area contributed by atoms with Crippen LogP contribution in [0, 0.1) is 10.1 Å². The molecule has 2 atom stereocenters. The molecular weight excluding hydrogens is 298 g/mol. The summed E-state index contributed by atoms with van der Waals surface area (Å²) >= 11 is 0. The van der Waals surface area contributed by atoms with Crippen LogP contribution in [0.3, 0.4) is 0 Å². The van der Waals surface area contributed by atoms with E-state index in [-0.39, 0.29) is 23.7 Å². The number of hydrogen-bond donors (Lipinski definition) is 2. The van der Waals surface area contributed by atoms with E-state index in [0.29, 0.717) is 0 Å². The number of nitro groups is 1. The molecule has 0 radical (unpaired) electrons. The van der Waals surface area contributed by atoms with Gasteiger partial charge in [0, 0.05) is 0 Å². The number of carbonyl (C=O) groups is 1. The van der Waals surface area contributed by atoms with Crippen molar-refractivity contribution in [2.45, 2.75) is 19.1 Å². The van der Waals surface area contributed by atoms with E-state index < -0.39 is 28.8 Å². The zero-order chi connectivity index (χ0) is 16.9. The Morgan fingerprint density at radius 3 is 2.27 bits per heavy atom. The molecule has 0 amide bonds. The minimum atomic E-state index is -1.96. The van der Waals surface area contributed by atoms with Gasteiger partial charge in [0.05, 0.1) is 37.4 Å². The van der Waals surface area contributed by atoms with E-state index in [1.807, 2.05) is 0 Å². The van der Waals surface area contributed by atoms with Crippen LogP contribution in [0.15, 0.2) is 12.1 Å². The second-order valence-corrected chi connectivity index (χ2v) is 4.16. The summed E-state index contributed by atoms with van der Waals surface area (Å²) in [5, 5.41) is 30.9. The maximum Gasteiger partial charge on any atom is 0.338 e. The number of hydrogen-bond acceptors (Lipinski definition) is 8. The van der Waals surface area contributed by atoms with Gasteiger partial charge >= 0.3 is 5.97 Å². The van der Waals surface area contributed by atoms with Gasteiger partial charge in [-0.15, -0.1) is 0 Å². The van der Waals surface area contributed by atoms with Gasteiger partial charge in [-0.05, 0) is 13.0 Å². The van der Waals surface area contributed by atoms with E-state index in [2.05, 4.69) is 4.74 Å². The maximum absolute atomic E-state index is 11.5. The third-order valence-electron chi connectivity index (χ3n) is 2.88. The highest BCUT2D eigenvalue weighted by atomic mass is 16.6. The molecule has 0 aliphatic carbocycles. The topological polar surface area (TPSA) is 128 Å². The van der Waals surface area contributed by atoms with Gasteiger partial charge < -0.3 is 24.4 Å². The molecule has 0 heterocycles. The van der Waals surface area contributed by atoms with Gasteiger partial charge in [0.1, 0.15) is 6.10 Å². The zero-order valence-electron chi connectivity index (χ0n) is 12.3. The lowest BCUT2D eigenvalue weighted by atomic mass is 10.0. The standard InChI is InChI=1S/C13H17NO8/c1-4-22-13(17)12(16)11(15)7-5-9(20-2)10(21-3)6-8(7)14(18)19/h5-6,11-12,15-16H,4H2,1-3H3/t11-,12+/m0/s1. The van der Waals surface area contributed by atoms with Crippen LogP contribution in [0.2, 0.25) is 0 Å². The lowest BCUT2D eigenvalue weighted by Crippen LogP contribution is -2.30. The SMILES string of the molecule is CCOC(=O)[C@H](O)[C@@H](O)c1cc(OC)c(OC)cc1[N+](=O)[O-]. The van der Waals surface area contributed by atoms with Crippen molar-refractivity contribution in [1.29, 1.82) is 0 Å². The first-order valence-corrected chi connectivity index (χ1v) is 6.30. The Balaban J connectivity index is 3.31. The Bertz CT molecular complexity index is 559. The monoisotopic (exact) mass is 315 g/mol. The highest BCUT2D eigenvalue weighted by Crippen LogP contribution is 2.38. The van der Waals surface area contributed by atoms with Crippen LogP contribution < -0.4 is 9.47 Å². The molecule has 1 rings (SSSR count). The normalized spacial score (nSPS) is 13.1. The minimum Gasteiger partial charge on any atom is -0.493 e. The summed E-state index contributed by atoms with van der Waals surface area (Å²) in [7, 11) is 2.60. The van der Waals surface area contributed by atoms with Gasteiger partial charge in [0.2, 0.25) is 0 Å². The van der Waals surface area contributed by atoms with Crippen LogP contribution in [0.25, 0.3) is 0 Å². The van der Waals surface area contributed by atoms with Gasteiger partial charge in [-0.3, -0.25) is 10.1 Å². The van der Waals surface area contributed by atoms with Crippen molar-refractivity contribution in [3.8, 4) is 11.5 Å². The largest absolute Gasteiger partial charge is 0.493 e. The summed E-state index contributed by atoms with van der Waals surface area (Å²) in [5.41, 5.74) is -0.809. The molecule has 0 fully saturated rings. The molecule has 1 aromatic carbocycles. The van der Waals surface area contributed by atoms with E-state index in [0.717, 1.165) is 12.1 Å². The van der Waals surface area contributed by atoms with Crippen molar-refractivity contribution in [2.24, 2.45) is 0 Å². The van der Waals surface area contributed by atoms with Crippen molar-refractivity contribution in [1.82, 2.24) is 0 Å². The molecule has 0 aromatic heterocycles. The Labute approximate surface area is 126 Å². The first-order chi connectivity index (χ1) is 10.4. The third kappa shape index (κ3) is 3.62. The van der Waals surface area contributed by atoms with Crippen molar-refractivity contribution >= 4 is 11.7 Å². The smallest absolute Gasteiger partial charge is 0.338 e. The van der Waals surface area contributed by atoms with Crippen molar-refractivity contribution < 1.29 is 34.1 Å². The molecule has 0 aliphatic heterocycles. The second-order valence-electron chi connectivity index (χ2n) is 4.16. The van der Waals surface area contributed by atoms with Gasteiger partial charge in [-0.2, -0.15) is 0 Å². The molecule has 2 N–H and O–H groups in total. The van der Waals surface area contributed by atoms with Gasteiger partial charge in [-0.25, -0.2) is 4.79 Å². The summed E-state index contributed by atoms with van der Waals surface area (Å²) < 4.78 is 14.5. The summed E-state index contributed by atoms with van der Waals surface area (Å²) in [6, 6.07) is 2.17. The first-order valence-electron chi connectivity index (χ1n) is 6.30. The average Bonchev–Trinajstić information content (AvgIpc) is 2.51. The molecule has 122 valence electrons. The van der Waals surface area contributed by atoms with E-state index in [9.17, 15) is 25.1 Å². The Morgan fingerprint density at radius 1 is 1.27 bits per heavy atom. The van der Waals surface area contributed by atoms with Crippen LogP contribution in [-0.4, -0.2) is 48.0 Å². The second kappa shape index (κ2) is 7.57. The van der Waals surface area contributed by atoms with E-state index in [1.165, 1.54) is 21.1 Å². The Hall–Kier alpha value is -2.39. The number of rotatable bonds is 7. The van der Waals surface area contributed by atoms with Crippen molar-refractivity contribution in [3.05, 3.63) is 27.8 Å². The fourth-order valence-corrected chi connectivity index (χ4v) is 1.81. The van der Waals surface area contributed by atoms with Gasteiger partial charge in [-0.1, -0.05) is 0 Å². The number of methoxy groups -OCH3 is 2. The molecule has 0 bridgehead atoms. The summed E-state index contributed by atoms with van der Waals surface area (Å²) in [4.78, 5) is 21.8. The molecule has 0 unspecified atom stereocenters. The minimum absolute atomic E-state index is 0.00333. The zero-order valence-corrected chi connectivity index (χ0v) is 12.3. The quantitative estimate of drug-likeness (QED) is 0.424. The number of aliphatic hydroxyl groups is 2. The highest BCUT2D eigenvalue weighted by Gasteiger charge is 2.33. The predicted octanol–water partition coefficient (Wildman–Crippen LogP) is 0.569. The Kier molecular flexibility index (Phi) is 6.08. The fourth-order valence-electron chi connectivity index (χ4n) is 1.81. The molecular formula is C13H17NO8. The Morgan fingerprint density at radius 2 is 1.82 bits per heavy atom. The summed E-state index contributed by atoms with van der Waals surface area (Å²) in [6.07, 6.45) is -3.81. The van der Waals surface area contributed by atoms with E-state index in [4.69, 9.17) is 9.47 Å². The predicted molar refractivity (Wildman–Crippen MR) is 73.8 cm³/mol. The van der Waals surface area contributed by atoms with E-state index >= 15 is 0 Å². The molecule has 0 spiro atoms. The lowest BCUT2D eigenvalue weighted by Gasteiger charge is -2.18. The van der Waals surface area contributed by atoms with Gasteiger partial charge in [0.15, 0.2) is 17.6 Å². The lowest BCUT2D eigenvalue weighted by molar-refractivity contribution is -0.386. The number of nitro benzene ring substituents is 1. The van der Waals surface area contributed by atoms with Gasteiger partial charge in [0.25, 0.3) is 5.69 Å². The van der Waals surface area contributed by atoms with Crippen LogP contribution in [-0.2, 0) is 9.53 Å². The van der Waals surface area contributed by atoms with Crippen molar-refractivity contribution in [3.63, 3.8) is 0 Å². The molecule has 9 heteroatoms. The molecule has 0 saturated carbocycles. The summed E-state index contributed by atoms with van der Waals surface area (Å²) in [5.74, 6) is -0.895. The van der Waals surface area contributed by atoms with Crippen molar-refractivity contribution in [2.75, 3.05) is 20.8 Å². The number of esters is 1. The number of benzene rings is 1. The summed E-state index contributed by atoms with van der Waals surface area (Å²) in [6.45, 7) is 1.52. The molecule has 22 heavy (non-hydrogen) atoms. The third-order valence-corrected chi connectivity index (χ3v) is 2.88. The number of aliphatic hydroxyl groups excluding tert-OH is 2. The molecule has 1 aromatic rings. The van der Waals surface area contributed by atoms with E-state index in [1.54, 1.807) is 0 Å². The number of ether oxygens (including phenoxy) is 3. The number of nitrogens with zero attached hydrogens (tertiary/aromatic N) is 1. The molecule has 0 saturated heterocycles. The average molecular weight is 315 g/mol. The van der Waals surface area contributed by atoms with Crippen LogP contribution in [0.5, 0.6) is 11.5 Å². The molecule has 0 aliphatic rings. The first kappa shape index (κ1) is 17.7. The fraction of sp³-hybridized carbons (Fsp3) is 0.462. The number of carbonyl (C=O) groups excluding carboxylic acids is 1. The molecule has 9 nitrogen and oxygen atoms in total.